The van der Waals surface area contributed by atoms with Crippen LogP contribution >= 0.6 is 34.2 Å². The molecule has 0 aliphatic heterocycles. The van der Waals surface area contributed by atoms with E-state index in [9.17, 15) is 13.6 Å². The summed E-state index contributed by atoms with van der Waals surface area (Å²) in [6.07, 6.45) is -1.70. The first-order valence-corrected chi connectivity index (χ1v) is 5.35. The molecule has 1 aromatic heterocycles. The second-order valence-electron chi connectivity index (χ2n) is 2.60. The standard InChI is InChI=1S/C8H5ClF2INO2/c9-1-3-2-13-7(12)5(8(14)15)4(3)6(10)11/h2,6H,1H2,(H,14,15). The van der Waals surface area contributed by atoms with Crippen molar-refractivity contribution in [2.75, 3.05) is 0 Å². The lowest BCUT2D eigenvalue weighted by atomic mass is 10.1. The van der Waals surface area contributed by atoms with E-state index in [1.165, 1.54) is 6.20 Å². The predicted molar refractivity (Wildman–Crippen MR) is 58.4 cm³/mol. The van der Waals surface area contributed by atoms with Gasteiger partial charge in [-0.25, -0.2) is 18.6 Å². The highest BCUT2D eigenvalue weighted by Gasteiger charge is 2.24. The number of carboxylic acids is 1. The van der Waals surface area contributed by atoms with E-state index in [4.69, 9.17) is 16.7 Å². The van der Waals surface area contributed by atoms with Gasteiger partial charge in [0.1, 0.15) is 9.26 Å². The molecule has 0 aliphatic carbocycles. The molecule has 0 spiro atoms. The monoisotopic (exact) mass is 347 g/mol. The van der Waals surface area contributed by atoms with E-state index in [0.29, 0.717) is 0 Å². The zero-order valence-electron chi connectivity index (χ0n) is 7.18. The summed E-state index contributed by atoms with van der Waals surface area (Å²) in [7, 11) is 0. The molecule has 15 heavy (non-hydrogen) atoms. The summed E-state index contributed by atoms with van der Waals surface area (Å²) < 4.78 is 25.4. The summed E-state index contributed by atoms with van der Waals surface area (Å²) in [5.41, 5.74) is -0.967. The van der Waals surface area contributed by atoms with Gasteiger partial charge in [-0.1, -0.05) is 0 Å². The van der Waals surface area contributed by atoms with Crippen LogP contribution in [0, 0.1) is 3.70 Å². The number of aromatic nitrogens is 1. The number of rotatable bonds is 3. The molecule has 0 aromatic carbocycles. The maximum atomic E-state index is 12.7. The topological polar surface area (TPSA) is 50.2 Å². The molecule has 82 valence electrons. The second kappa shape index (κ2) is 5.02. The lowest BCUT2D eigenvalue weighted by Crippen LogP contribution is -2.10. The van der Waals surface area contributed by atoms with Gasteiger partial charge >= 0.3 is 5.97 Å². The summed E-state index contributed by atoms with van der Waals surface area (Å²) in [5, 5.41) is 8.79. The Morgan fingerprint density at radius 3 is 2.67 bits per heavy atom. The van der Waals surface area contributed by atoms with Crippen LogP contribution in [-0.4, -0.2) is 16.1 Å². The Balaban J connectivity index is 3.51. The maximum Gasteiger partial charge on any atom is 0.338 e. The number of hydrogen-bond donors (Lipinski definition) is 1. The van der Waals surface area contributed by atoms with Crippen molar-refractivity contribution >= 4 is 40.2 Å². The van der Waals surface area contributed by atoms with Gasteiger partial charge < -0.3 is 5.11 Å². The van der Waals surface area contributed by atoms with E-state index >= 15 is 0 Å². The number of alkyl halides is 3. The maximum absolute atomic E-state index is 12.7. The first kappa shape index (κ1) is 12.6. The Morgan fingerprint density at radius 1 is 1.67 bits per heavy atom. The Hall–Kier alpha value is -0.500. The Kier molecular flexibility index (Phi) is 4.21. The molecule has 1 N–H and O–H groups in total. The zero-order valence-corrected chi connectivity index (χ0v) is 10.1. The smallest absolute Gasteiger partial charge is 0.338 e. The third-order valence-corrected chi connectivity index (χ3v) is 2.84. The average Bonchev–Trinajstić information content (AvgIpc) is 2.16. The van der Waals surface area contributed by atoms with Crippen molar-refractivity contribution in [1.82, 2.24) is 4.98 Å². The van der Waals surface area contributed by atoms with Gasteiger partial charge in [-0.2, -0.15) is 0 Å². The number of carbonyl (C=O) groups is 1. The quantitative estimate of drug-likeness (QED) is 0.519. The third kappa shape index (κ3) is 2.54. The molecule has 7 heteroatoms. The fourth-order valence-electron chi connectivity index (χ4n) is 1.10. The number of nitrogens with zero attached hydrogens (tertiary/aromatic N) is 1. The van der Waals surface area contributed by atoms with Gasteiger partial charge in [-0.05, 0) is 28.2 Å². The summed E-state index contributed by atoms with van der Waals surface area (Å²) in [6.45, 7) is 0. The summed E-state index contributed by atoms with van der Waals surface area (Å²) in [4.78, 5) is 14.5. The minimum absolute atomic E-state index is 0.0317. The number of hydrogen-bond acceptors (Lipinski definition) is 2. The van der Waals surface area contributed by atoms with E-state index in [0.717, 1.165) is 0 Å². The van der Waals surface area contributed by atoms with Gasteiger partial charge in [0, 0.05) is 17.6 Å². The third-order valence-electron chi connectivity index (χ3n) is 1.73. The Bertz CT molecular complexity index is 400. The van der Waals surface area contributed by atoms with Crippen molar-refractivity contribution in [2.24, 2.45) is 0 Å². The van der Waals surface area contributed by atoms with Crippen LogP contribution in [0.15, 0.2) is 6.20 Å². The molecule has 0 aliphatic rings. The zero-order chi connectivity index (χ0) is 11.6. The largest absolute Gasteiger partial charge is 0.478 e. The van der Waals surface area contributed by atoms with Crippen LogP contribution < -0.4 is 0 Å². The molecule has 0 saturated carbocycles. The van der Waals surface area contributed by atoms with E-state index in [-0.39, 0.29) is 15.1 Å². The Labute approximate surface area is 103 Å². The SMILES string of the molecule is O=C(O)c1c(I)ncc(CCl)c1C(F)F. The van der Waals surface area contributed by atoms with Crippen LogP contribution in [0.3, 0.4) is 0 Å². The minimum atomic E-state index is -2.87. The predicted octanol–water partition coefficient (Wildman–Crippen LogP) is 3.06. The fourth-order valence-corrected chi connectivity index (χ4v) is 1.97. The molecule has 0 radical (unpaired) electrons. The Morgan fingerprint density at radius 2 is 2.27 bits per heavy atom. The second-order valence-corrected chi connectivity index (χ2v) is 3.89. The highest BCUT2D eigenvalue weighted by molar-refractivity contribution is 14.1. The van der Waals surface area contributed by atoms with Gasteiger partial charge in [0.25, 0.3) is 6.43 Å². The van der Waals surface area contributed by atoms with Crippen molar-refractivity contribution in [2.45, 2.75) is 12.3 Å². The van der Waals surface area contributed by atoms with Crippen molar-refractivity contribution in [1.29, 1.82) is 0 Å². The average molecular weight is 347 g/mol. The van der Waals surface area contributed by atoms with Crippen molar-refractivity contribution in [3.8, 4) is 0 Å². The van der Waals surface area contributed by atoms with Crippen LogP contribution in [0.1, 0.15) is 27.9 Å². The van der Waals surface area contributed by atoms with Crippen LogP contribution in [0.4, 0.5) is 8.78 Å². The molecule has 1 heterocycles. The number of aromatic carboxylic acids is 1. The van der Waals surface area contributed by atoms with Crippen LogP contribution in [0.2, 0.25) is 0 Å². The van der Waals surface area contributed by atoms with Gasteiger partial charge in [0.15, 0.2) is 0 Å². The molecule has 0 amide bonds. The molecule has 0 atom stereocenters. The highest BCUT2D eigenvalue weighted by Crippen LogP contribution is 2.29. The number of halogens is 4. The number of pyridine rings is 1. The molecule has 3 nitrogen and oxygen atoms in total. The first-order valence-electron chi connectivity index (χ1n) is 3.73. The van der Waals surface area contributed by atoms with Crippen LogP contribution in [-0.2, 0) is 5.88 Å². The molecular weight excluding hydrogens is 342 g/mol. The molecule has 0 saturated heterocycles. The molecule has 0 fully saturated rings. The fraction of sp³-hybridized carbons (Fsp3) is 0.250. The summed E-state index contributed by atoms with van der Waals surface area (Å²) >= 11 is 7.04. The van der Waals surface area contributed by atoms with E-state index in [2.05, 4.69) is 4.98 Å². The van der Waals surface area contributed by atoms with Crippen LogP contribution in [0.5, 0.6) is 0 Å². The highest BCUT2D eigenvalue weighted by atomic mass is 127. The van der Waals surface area contributed by atoms with Crippen molar-refractivity contribution in [3.05, 3.63) is 26.6 Å². The number of carboxylic acid groups (broad SMARTS) is 1. The lowest BCUT2D eigenvalue weighted by Gasteiger charge is -2.10. The van der Waals surface area contributed by atoms with Gasteiger partial charge in [0.2, 0.25) is 0 Å². The van der Waals surface area contributed by atoms with Gasteiger partial charge in [-0.3, -0.25) is 0 Å². The molecule has 1 rings (SSSR count). The summed E-state index contributed by atoms with van der Waals surface area (Å²) in [5.74, 6) is -1.61. The van der Waals surface area contributed by atoms with E-state index < -0.39 is 23.5 Å². The molecule has 0 bridgehead atoms. The molecule has 0 unspecified atom stereocenters. The van der Waals surface area contributed by atoms with Crippen molar-refractivity contribution in [3.63, 3.8) is 0 Å². The van der Waals surface area contributed by atoms with Gasteiger partial charge in [0.05, 0.1) is 0 Å². The summed E-state index contributed by atoms with van der Waals surface area (Å²) in [6, 6.07) is 0. The normalized spacial score (nSPS) is 10.7. The van der Waals surface area contributed by atoms with Crippen LogP contribution in [0.25, 0.3) is 0 Å². The van der Waals surface area contributed by atoms with Gasteiger partial charge in [-0.15, -0.1) is 11.6 Å². The van der Waals surface area contributed by atoms with E-state index in [1.54, 1.807) is 22.6 Å². The first-order chi connectivity index (χ1) is 6.99. The van der Waals surface area contributed by atoms with E-state index in [1.807, 2.05) is 0 Å². The lowest BCUT2D eigenvalue weighted by molar-refractivity contribution is 0.0682. The molecule has 1 aromatic rings. The molecular formula is C8H5ClF2INO2. The minimum Gasteiger partial charge on any atom is -0.478 e. The van der Waals surface area contributed by atoms with Crippen molar-refractivity contribution < 1.29 is 18.7 Å².